The molecule has 1 unspecified atom stereocenters. The van der Waals surface area contributed by atoms with E-state index in [1.807, 2.05) is 47.4 Å². The third kappa shape index (κ3) is 5.32. The molecule has 2 aliphatic heterocycles. The molecule has 0 aliphatic carbocycles. The van der Waals surface area contributed by atoms with Crippen molar-refractivity contribution in [3.8, 4) is 0 Å². The first-order valence-electron chi connectivity index (χ1n) is 12.4. The average Bonchev–Trinajstić information content (AvgIpc) is 3.29. The summed E-state index contributed by atoms with van der Waals surface area (Å²) in [5, 5.41) is 3.12. The summed E-state index contributed by atoms with van der Waals surface area (Å²) in [4.78, 5) is 42.6. The van der Waals surface area contributed by atoms with Gasteiger partial charge in [0, 0.05) is 38.2 Å². The van der Waals surface area contributed by atoms with Crippen LogP contribution in [0, 0.1) is 5.92 Å². The summed E-state index contributed by atoms with van der Waals surface area (Å²) in [7, 11) is 0. The lowest BCUT2D eigenvalue weighted by molar-refractivity contribution is -0.137. The summed E-state index contributed by atoms with van der Waals surface area (Å²) in [5.74, 6) is 0.255. The minimum absolute atomic E-state index is 0.0346. The molecule has 180 valence electrons. The summed E-state index contributed by atoms with van der Waals surface area (Å²) >= 11 is 0. The molecule has 1 atom stereocenters. The van der Waals surface area contributed by atoms with Gasteiger partial charge in [-0.25, -0.2) is 0 Å². The van der Waals surface area contributed by atoms with E-state index < -0.39 is 5.54 Å². The number of amides is 3. The van der Waals surface area contributed by atoms with E-state index in [1.54, 1.807) is 4.90 Å². The molecule has 1 saturated heterocycles. The summed E-state index contributed by atoms with van der Waals surface area (Å²) in [6.45, 7) is 6.64. The molecule has 1 fully saturated rings. The fourth-order valence-electron chi connectivity index (χ4n) is 5.27. The molecule has 2 aliphatic rings. The largest absolute Gasteiger partial charge is 0.342 e. The molecular weight excluding hydrogens is 426 g/mol. The molecule has 1 N–H and O–H groups in total. The summed E-state index contributed by atoms with van der Waals surface area (Å²) in [6, 6.07) is 17.8. The zero-order valence-electron chi connectivity index (χ0n) is 20.3. The zero-order chi connectivity index (χ0) is 24.1. The van der Waals surface area contributed by atoms with Gasteiger partial charge >= 0.3 is 0 Å². The number of carbonyl (C=O) groups is 3. The highest BCUT2D eigenvalue weighted by Crippen LogP contribution is 2.30. The fourth-order valence-corrected chi connectivity index (χ4v) is 5.27. The normalized spacial score (nSPS) is 19.7. The summed E-state index contributed by atoms with van der Waals surface area (Å²) in [6.07, 6.45) is 2.97. The van der Waals surface area contributed by atoms with Crippen LogP contribution in [0.15, 0.2) is 54.6 Å². The maximum absolute atomic E-state index is 13.4. The van der Waals surface area contributed by atoms with Crippen LogP contribution in [0.3, 0.4) is 0 Å². The number of hydrogen-bond acceptors (Lipinski definition) is 3. The molecular formula is C28H35N3O3. The molecule has 6 nitrogen and oxygen atoms in total. The maximum Gasteiger partial charge on any atom is 0.254 e. The van der Waals surface area contributed by atoms with Gasteiger partial charge in [0.05, 0.1) is 0 Å². The van der Waals surface area contributed by atoms with Gasteiger partial charge in [-0.2, -0.15) is 0 Å². The highest BCUT2D eigenvalue weighted by Gasteiger charge is 2.47. The van der Waals surface area contributed by atoms with Crippen LogP contribution in [0.1, 0.15) is 61.0 Å². The van der Waals surface area contributed by atoms with Gasteiger partial charge in [-0.3, -0.25) is 14.4 Å². The van der Waals surface area contributed by atoms with Crippen LogP contribution in [0.5, 0.6) is 0 Å². The van der Waals surface area contributed by atoms with Gasteiger partial charge in [-0.15, -0.1) is 0 Å². The Kier molecular flexibility index (Phi) is 7.35. The zero-order valence-corrected chi connectivity index (χ0v) is 20.3. The number of benzene rings is 2. The average molecular weight is 462 g/mol. The molecule has 3 amide bonds. The highest BCUT2D eigenvalue weighted by atomic mass is 16.2. The van der Waals surface area contributed by atoms with Crippen LogP contribution in [0.4, 0.5) is 0 Å². The standard InChI is InChI=1S/C28H35N3O3/c1-21(2)19-28(15-18-30(27(28)34)17-14-22-9-4-3-5-10-22)29-25(32)13-8-16-31-20-23-11-6-7-12-24(23)26(31)33/h3-7,9-12,21H,8,13-20H2,1-2H3,(H,29,32). The fraction of sp³-hybridized carbons (Fsp3) is 0.464. The molecule has 0 bridgehead atoms. The van der Waals surface area contributed by atoms with Crippen LogP contribution in [0.25, 0.3) is 0 Å². The Morgan fingerprint density at radius 3 is 2.47 bits per heavy atom. The van der Waals surface area contributed by atoms with E-state index in [0.717, 1.165) is 17.5 Å². The number of rotatable bonds is 10. The van der Waals surface area contributed by atoms with Crippen molar-refractivity contribution in [2.24, 2.45) is 5.92 Å². The molecule has 0 aromatic heterocycles. The predicted molar refractivity (Wildman–Crippen MR) is 132 cm³/mol. The smallest absolute Gasteiger partial charge is 0.254 e. The van der Waals surface area contributed by atoms with E-state index in [0.29, 0.717) is 57.8 Å². The molecule has 6 heteroatoms. The topological polar surface area (TPSA) is 69.7 Å². The van der Waals surface area contributed by atoms with E-state index in [4.69, 9.17) is 0 Å². The van der Waals surface area contributed by atoms with Crippen molar-refractivity contribution in [3.63, 3.8) is 0 Å². The minimum Gasteiger partial charge on any atom is -0.342 e. The summed E-state index contributed by atoms with van der Waals surface area (Å²) in [5.41, 5.74) is 2.19. The predicted octanol–water partition coefficient (Wildman–Crippen LogP) is 3.80. The number of hydrogen-bond donors (Lipinski definition) is 1. The van der Waals surface area contributed by atoms with E-state index in [1.165, 1.54) is 5.56 Å². The van der Waals surface area contributed by atoms with Gasteiger partial charge in [-0.05, 0) is 48.8 Å². The van der Waals surface area contributed by atoms with Crippen molar-refractivity contribution in [2.75, 3.05) is 19.6 Å². The van der Waals surface area contributed by atoms with Gasteiger partial charge in [0.15, 0.2) is 0 Å². The maximum atomic E-state index is 13.4. The Labute approximate surface area is 202 Å². The van der Waals surface area contributed by atoms with E-state index >= 15 is 0 Å². The third-order valence-corrected chi connectivity index (χ3v) is 6.88. The Hall–Kier alpha value is -3.15. The first-order valence-corrected chi connectivity index (χ1v) is 12.4. The Balaban J connectivity index is 1.30. The van der Waals surface area contributed by atoms with Gasteiger partial charge in [0.1, 0.15) is 5.54 Å². The molecule has 34 heavy (non-hydrogen) atoms. The van der Waals surface area contributed by atoms with Crippen LogP contribution >= 0.6 is 0 Å². The number of fused-ring (bicyclic) bond motifs is 1. The van der Waals surface area contributed by atoms with Gasteiger partial charge in [-0.1, -0.05) is 62.4 Å². The van der Waals surface area contributed by atoms with Crippen LogP contribution in [0.2, 0.25) is 0 Å². The Morgan fingerprint density at radius 2 is 1.74 bits per heavy atom. The number of carbonyl (C=O) groups excluding carboxylic acids is 3. The SMILES string of the molecule is CC(C)CC1(NC(=O)CCCN2Cc3ccccc3C2=O)CCN(CCc2ccccc2)C1=O. The second-order valence-corrected chi connectivity index (χ2v) is 9.99. The van der Waals surface area contributed by atoms with Crippen molar-refractivity contribution in [2.45, 2.75) is 58.0 Å². The van der Waals surface area contributed by atoms with E-state index in [9.17, 15) is 14.4 Å². The van der Waals surface area contributed by atoms with Crippen molar-refractivity contribution in [1.82, 2.24) is 15.1 Å². The quantitative estimate of drug-likeness (QED) is 0.585. The molecule has 0 spiro atoms. The monoisotopic (exact) mass is 461 g/mol. The first kappa shape index (κ1) is 24.0. The number of nitrogens with zero attached hydrogens (tertiary/aromatic N) is 2. The third-order valence-electron chi connectivity index (χ3n) is 6.88. The lowest BCUT2D eigenvalue weighted by atomic mass is 9.87. The number of likely N-dealkylation sites (tertiary alicyclic amines) is 1. The van der Waals surface area contributed by atoms with Crippen LogP contribution in [-0.2, 0) is 22.6 Å². The highest BCUT2D eigenvalue weighted by molar-refractivity contribution is 5.98. The second kappa shape index (κ2) is 10.4. The lowest BCUT2D eigenvalue weighted by Gasteiger charge is -2.31. The van der Waals surface area contributed by atoms with Crippen LogP contribution < -0.4 is 5.32 Å². The van der Waals surface area contributed by atoms with Crippen molar-refractivity contribution < 1.29 is 14.4 Å². The van der Waals surface area contributed by atoms with Gasteiger partial charge < -0.3 is 15.1 Å². The summed E-state index contributed by atoms with van der Waals surface area (Å²) < 4.78 is 0. The van der Waals surface area contributed by atoms with Crippen molar-refractivity contribution >= 4 is 17.7 Å². The number of nitrogens with one attached hydrogen (secondary N) is 1. The molecule has 2 aromatic rings. The van der Waals surface area contributed by atoms with Gasteiger partial charge in [0.25, 0.3) is 5.91 Å². The Morgan fingerprint density at radius 1 is 1.00 bits per heavy atom. The molecule has 4 rings (SSSR count). The molecule has 0 radical (unpaired) electrons. The minimum atomic E-state index is -0.818. The Bertz CT molecular complexity index is 1040. The van der Waals surface area contributed by atoms with E-state index in [2.05, 4.69) is 31.3 Å². The first-order chi connectivity index (χ1) is 16.4. The molecule has 2 aromatic carbocycles. The molecule has 2 heterocycles. The van der Waals surface area contributed by atoms with Crippen molar-refractivity contribution in [3.05, 3.63) is 71.3 Å². The van der Waals surface area contributed by atoms with Crippen molar-refractivity contribution in [1.29, 1.82) is 0 Å². The van der Waals surface area contributed by atoms with Crippen LogP contribution in [-0.4, -0.2) is 52.7 Å². The second-order valence-electron chi connectivity index (χ2n) is 9.99. The lowest BCUT2D eigenvalue weighted by Crippen LogP contribution is -2.55. The van der Waals surface area contributed by atoms with E-state index in [-0.39, 0.29) is 17.7 Å². The van der Waals surface area contributed by atoms with Gasteiger partial charge in [0.2, 0.25) is 11.8 Å². The molecule has 0 saturated carbocycles.